The lowest BCUT2D eigenvalue weighted by Crippen LogP contribution is -2.52. The highest BCUT2D eigenvalue weighted by Gasteiger charge is 2.44. The van der Waals surface area contributed by atoms with Crippen LogP contribution in [0.5, 0.6) is 0 Å². The van der Waals surface area contributed by atoms with Gasteiger partial charge in [-0.3, -0.25) is 4.79 Å². The van der Waals surface area contributed by atoms with Gasteiger partial charge in [-0.15, -0.1) is 0 Å². The number of piperidine rings is 1. The van der Waals surface area contributed by atoms with Crippen molar-refractivity contribution in [3.8, 4) is 0 Å². The summed E-state index contributed by atoms with van der Waals surface area (Å²) in [7, 11) is 0. The Morgan fingerprint density at radius 2 is 2.13 bits per heavy atom. The first-order valence-corrected chi connectivity index (χ1v) is 4.98. The Bertz CT molecular complexity index is 242. The van der Waals surface area contributed by atoms with Gasteiger partial charge >= 0.3 is 12.1 Å². The number of likely N-dealkylation sites (tertiary alicyclic amines) is 1. The van der Waals surface area contributed by atoms with Crippen molar-refractivity contribution in [1.29, 1.82) is 0 Å². The summed E-state index contributed by atoms with van der Waals surface area (Å²) in [6.45, 7) is 2.10. The number of halogens is 3. The molecule has 2 unspecified atom stereocenters. The maximum Gasteiger partial charge on any atom is 0.471 e. The molecule has 2 atom stereocenters. The number of hydrogen-bond acceptors (Lipinski definition) is 2. The van der Waals surface area contributed by atoms with Gasteiger partial charge in [-0.25, -0.2) is 0 Å². The second-order valence-corrected chi connectivity index (χ2v) is 3.87. The fraction of sp³-hybridized carbons (Fsp3) is 0.889. The largest absolute Gasteiger partial charge is 0.471 e. The molecule has 0 spiro atoms. The van der Waals surface area contributed by atoms with E-state index >= 15 is 0 Å². The number of carbonyl (C=O) groups is 1. The fourth-order valence-corrected chi connectivity index (χ4v) is 1.85. The van der Waals surface area contributed by atoms with Crippen LogP contribution in [0.2, 0.25) is 0 Å². The fourth-order valence-electron chi connectivity index (χ4n) is 1.85. The van der Waals surface area contributed by atoms with Crippen LogP contribution in [0.1, 0.15) is 19.8 Å². The van der Waals surface area contributed by atoms with Gasteiger partial charge in [0.2, 0.25) is 0 Å². The summed E-state index contributed by atoms with van der Waals surface area (Å²) >= 11 is 0. The molecule has 1 heterocycles. The molecule has 0 bridgehead atoms. The number of nitrogens with zero attached hydrogens (tertiary/aromatic N) is 1. The Balaban J connectivity index is 2.62. The molecule has 1 fully saturated rings. The zero-order valence-corrected chi connectivity index (χ0v) is 8.55. The van der Waals surface area contributed by atoms with E-state index in [1.165, 1.54) is 0 Å². The normalized spacial score (nSPS) is 27.9. The van der Waals surface area contributed by atoms with E-state index < -0.39 is 12.1 Å². The predicted molar refractivity (Wildman–Crippen MR) is 49.0 cm³/mol. The average molecular weight is 224 g/mol. The number of alkyl halides is 3. The van der Waals surface area contributed by atoms with E-state index in [0.29, 0.717) is 12.8 Å². The third-order valence-electron chi connectivity index (χ3n) is 2.85. The smallest absolute Gasteiger partial charge is 0.334 e. The van der Waals surface area contributed by atoms with Gasteiger partial charge in [0.05, 0.1) is 0 Å². The van der Waals surface area contributed by atoms with Crippen LogP contribution in [0, 0.1) is 5.92 Å². The van der Waals surface area contributed by atoms with Crippen LogP contribution in [0.4, 0.5) is 13.2 Å². The molecular formula is C9H15F3N2O. The first-order valence-electron chi connectivity index (χ1n) is 4.98. The Morgan fingerprint density at radius 3 is 2.60 bits per heavy atom. The molecule has 1 saturated heterocycles. The van der Waals surface area contributed by atoms with Gasteiger partial charge in [-0.2, -0.15) is 13.2 Å². The maximum absolute atomic E-state index is 12.1. The number of carbonyl (C=O) groups excluding carboxylic acids is 1. The van der Waals surface area contributed by atoms with Crippen LogP contribution >= 0.6 is 0 Å². The number of rotatable bonds is 1. The maximum atomic E-state index is 12.1. The lowest BCUT2D eigenvalue weighted by molar-refractivity contribution is -0.187. The van der Waals surface area contributed by atoms with Crippen molar-refractivity contribution < 1.29 is 18.0 Å². The molecule has 88 valence electrons. The highest BCUT2D eigenvalue weighted by atomic mass is 19.4. The summed E-state index contributed by atoms with van der Waals surface area (Å²) in [6.07, 6.45) is -3.62. The van der Waals surface area contributed by atoms with E-state index in [1.807, 2.05) is 6.92 Å². The summed E-state index contributed by atoms with van der Waals surface area (Å²) in [6, 6.07) is -0.0905. The zero-order chi connectivity index (χ0) is 11.6. The Kier molecular flexibility index (Phi) is 3.59. The first-order chi connectivity index (χ1) is 6.86. The summed E-state index contributed by atoms with van der Waals surface area (Å²) in [5.74, 6) is -1.77. The molecule has 0 aromatic carbocycles. The SMILES string of the molecule is CCC1CN(C(=O)C(F)(F)F)CCC1N. The zero-order valence-electron chi connectivity index (χ0n) is 8.55. The number of amides is 1. The summed E-state index contributed by atoms with van der Waals surface area (Å²) in [5.41, 5.74) is 5.74. The number of nitrogens with two attached hydrogens (primary N) is 1. The minimum atomic E-state index is -4.76. The molecule has 0 aromatic rings. The van der Waals surface area contributed by atoms with Gasteiger partial charge in [0.1, 0.15) is 0 Å². The monoisotopic (exact) mass is 224 g/mol. The van der Waals surface area contributed by atoms with Crippen LogP contribution < -0.4 is 5.73 Å². The molecule has 0 aromatic heterocycles. The summed E-state index contributed by atoms with van der Waals surface area (Å²) in [5, 5.41) is 0. The van der Waals surface area contributed by atoms with E-state index in [4.69, 9.17) is 5.73 Å². The Hall–Kier alpha value is -0.780. The average Bonchev–Trinajstić information content (AvgIpc) is 2.16. The predicted octanol–water partition coefficient (Wildman–Crippen LogP) is 1.13. The van der Waals surface area contributed by atoms with Gasteiger partial charge in [0, 0.05) is 19.1 Å². The van der Waals surface area contributed by atoms with Gasteiger partial charge in [0.25, 0.3) is 0 Å². The number of hydrogen-bond donors (Lipinski definition) is 1. The standard InChI is InChI=1S/C9H15F3N2O/c1-2-6-5-14(4-3-7(6)13)8(15)9(10,11)12/h6-7H,2-5,13H2,1H3. The van der Waals surface area contributed by atoms with Gasteiger partial charge in [0.15, 0.2) is 0 Å². The molecular weight excluding hydrogens is 209 g/mol. The molecule has 1 aliphatic rings. The highest BCUT2D eigenvalue weighted by molar-refractivity contribution is 5.81. The van der Waals surface area contributed by atoms with Crippen molar-refractivity contribution in [1.82, 2.24) is 4.90 Å². The second-order valence-electron chi connectivity index (χ2n) is 3.87. The Labute approximate surface area is 86.4 Å². The van der Waals surface area contributed by atoms with Crippen molar-refractivity contribution in [2.45, 2.75) is 32.0 Å². The molecule has 0 saturated carbocycles. The van der Waals surface area contributed by atoms with Crippen molar-refractivity contribution in [2.24, 2.45) is 11.7 Å². The quantitative estimate of drug-likeness (QED) is 0.725. The van der Waals surface area contributed by atoms with E-state index in [9.17, 15) is 18.0 Å². The first kappa shape index (κ1) is 12.3. The molecule has 6 heteroatoms. The molecule has 0 aliphatic carbocycles. The lowest BCUT2D eigenvalue weighted by Gasteiger charge is -2.36. The van der Waals surface area contributed by atoms with Crippen LogP contribution in [-0.4, -0.2) is 36.1 Å². The molecule has 1 amide bonds. The molecule has 1 aliphatic heterocycles. The van der Waals surface area contributed by atoms with Crippen molar-refractivity contribution in [3.63, 3.8) is 0 Å². The third kappa shape index (κ3) is 2.84. The van der Waals surface area contributed by atoms with Gasteiger partial charge in [-0.05, 0) is 12.3 Å². The van der Waals surface area contributed by atoms with E-state index in [1.54, 1.807) is 0 Å². The third-order valence-corrected chi connectivity index (χ3v) is 2.85. The van der Waals surface area contributed by atoms with Crippen molar-refractivity contribution in [3.05, 3.63) is 0 Å². The van der Waals surface area contributed by atoms with Gasteiger partial charge in [-0.1, -0.05) is 13.3 Å². The summed E-state index contributed by atoms with van der Waals surface area (Å²) < 4.78 is 36.4. The second kappa shape index (κ2) is 4.38. The minimum Gasteiger partial charge on any atom is -0.334 e. The van der Waals surface area contributed by atoms with Crippen LogP contribution in [0.25, 0.3) is 0 Å². The minimum absolute atomic E-state index is 0.0231. The van der Waals surface area contributed by atoms with Crippen molar-refractivity contribution >= 4 is 5.91 Å². The lowest BCUT2D eigenvalue weighted by atomic mass is 9.91. The van der Waals surface area contributed by atoms with Crippen molar-refractivity contribution in [2.75, 3.05) is 13.1 Å². The highest BCUT2D eigenvalue weighted by Crippen LogP contribution is 2.24. The van der Waals surface area contributed by atoms with Gasteiger partial charge < -0.3 is 10.6 Å². The van der Waals surface area contributed by atoms with E-state index in [0.717, 1.165) is 4.90 Å². The summed E-state index contributed by atoms with van der Waals surface area (Å²) in [4.78, 5) is 11.8. The van der Waals surface area contributed by atoms with Crippen LogP contribution in [0.3, 0.4) is 0 Å². The topological polar surface area (TPSA) is 46.3 Å². The molecule has 2 N–H and O–H groups in total. The molecule has 0 radical (unpaired) electrons. The van der Waals surface area contributed by atoms with Crippen LogP contribution in [-0.2, 0) is 4.79 Å². The van der Waals surface area contributed by atoms with E-state index in [2.05, 4.69) is 0 Å². The molecule has 15 heavy (non-hydrogen) atoms. The Morgan fingerprint density at radius 1 is 1.53 bits per heavy atom. The molecule has 1 rings (SSSR count). The molecule has 3 nitrogen and oxygen atoms in total. The van der Waals surface area contributed by atoms with Crippen LogP contribution in [0.15, 0.2) is 0 Å². The van der Waals surface area contributed by atoms with E-state index in [-0.39, 0.29) is 25.0 Å².